The van der Waals surface area contributed by atoms with Crippen LogP contribution in [-0.2, 0) is 6.54 Å². The van der Waals surface area contributed by atoms with E-state index in [1.807, 2.05) is 22.9 Å². The van der Waals surface area contributed by atoms with Gasteiger partial charge in [-0.3, -0.25) is 10.1 Å². The molecule has 1 aromatic heterocycles. The standard InChI is InChI=1S/C11H11BrN2O2/c12-6-2-7-13-8-5-9-10(13)3-1-4-11(9)14(15)16/h1,3-5,8H,2,6-7H2. The van der Waals surface area contributed by atoms with E-state index in [-0.39, 0.29) is 10.6 Å². The van der Waals surface area contributed by atoms with Gasteiger partial charge in [-0.25, -0.2) is 0 Å². The number of hydrogen-bond donors (Lipinski definition) is 0. The van der Waals surface area contributed by atoms with Crippen molar-refractivity contribution in [1.29, 1.82) is 0 Å². The van der Waals surface area contributed by atoms with E-state index in [0.717, 1.165) is 23.8 Å². The molecule has 0 aliphatic rings. The third-order valence-corrected chi connectivity index (χ3v) is 3.08. The lowest BCUT2D eigenvalue weighted by atomic mass is 10.2. The summed E-state index contributed by atoms with van der Waals surface area (Å²) in [5.41, 5.74) is 1.10. The number of benzene rings is 1. The van der Waals surface area contributed by atoms with E-state index >= 15 is 0 Å². The average molecular weight is 283 g/mol. The van der Waals surface area contributed by atoms with Crippen LogP contribution in [0.25, 0.3) is 10.9 Å². The Kier molecular flexibility index (Phi) is 3.24. The predicted molar refractivity (Wildman–Crippen MR) is 67.0 cm³/mol. The highest BCUT2D eigenvalue weighted by atomic mass is 79.9. The molecule has 4 nitrogen and oxygen atoms in total. The molecule has 0 amide bonds. The van der Waals surface area contributed by atoms with E-state index in [4.69, 9.17) is 0 Å². The maximum absolute atomic E-state index is 10.8. The summed E-state index contributed by atoms with van der Waals surface area (Å²) in [4.78, 5) is 10.5. The Hall–Kier alpha value is -1.36. The van der Waals surface area contributed by atoms with Gasteiger partial charge < -0.3 is 4.57 Å². The third-order valence-electron chi connectivity index (χ3n) is 2.52. The van der Waals surface area contributed by atoms with Crippen LogP contribution in [0.2, 0.25) is 0 Å². The number of alkyl halides is 1. The van der Waals surface area contributed by atoms with Gasteiger partial charge in [0.05, 0.1) is 15.8 Å². The maximum atomic E-state index is 10.8. The fourth-order valence-corrected chi connectivity index (χ4v) is 2.04. The van der Waals surface area contributed by atoms with Crippen molar-refractivity contribution < 1.29 is 4.92 Å². The number of fused-ring (bicyclic) bond motifs is 1. The smallest absolute Gasteiger partial charge is 0.278 e. The lowest BCUT2D eigenvalue weighted by Crippen LogP contribution is -1.96. The molecule has 0 saturated carbocycles. The molecule has 0 aliphatic carbocycles. The monoisotopic (exact) mass is 282 g/mol. The number of nitro benzene ring substituents is 1. The van der Waals surface area contributed by atoms with Gasteiger partial charge in [-0.05, 0) is 18.6 Å². The normalized spacial score (nSPS) is 10.8. The Morgan fingerprint density at radius 3 is 2.88 bits per heavy atom. The lowest BCUT2D eigenvalue weighted by molar-refractivity contribution is -0.383. The number of hydrogen-bond acceptors (Lipinski definition) is 2. The molecule has 84 valence electrons. The molecule has 0 N–H and O–H groups in total. The fraction of sp³-hybridized carbons (Fsp3) is 0.273. The summed E-state index contributed by atoms with van der Waals surface area (Å²) in [7, 11) is 0. The highest BCUT2D eigenvalue weighted by Gasteiger charge is 2.13. The van der Waals surface area contributed by atoms with Crippen molar-refractivity contribution in [1.82, 2.24) is 4.57 Å². The molecule has 0 saturated heterocycles. The van der Waals surface area contributed by atoms with Crippen molar-refractivity contribution in [3.8, 4) is 0 Å². The Bertz CT molecular complexity index is 522. The molecule has 0 atom stereocenters. The molecule has 1 heterocycles. The minimum Gasteiger partial charge on any atom is -0.347 e. The maximum Gasteiger partial charge on any atom is 0.278 e. The van der Waals surface area contributed by atoms with E-state index in [1.54, 1.807) is 6.07 Å². The van der Waals surface area contributed by atoms with Crippen molar-refractivity contribution in [3.05, 3.63) is 40.6 Å². The highest BCUT2D eigenvalue weighted by Crippen LogP contribution is 2.26. The summed E-state index contributed by atoms with van der Waals surface area (Å²) in [6.45, 7) is 0.871. The van der Waals surface area contributed by atoms with Crippen LogP contribution in [-0.4, -0.2) is 14.8 Å². The van der Waals surface area contributed by atoms with Crippen LogP contribution in [0.1, 0.15) is 6.42 Å². The van der Waals surface area contributed by atoms with Crippen molar-refractivity contribution in [2.75, 3.05) is 5.33 Å². The summed E-state index contributed by atoms with van der Waals surface area (Å²) < 4.78 is 2.05. The number of halogens is 1. The molecular weight excluding hydrogens is 272 g/mol. The van der Waals surface area contributed by atoms with Crippen LogP contribution in [0.5, 0.6) is 0 Å². The van der Waals surface area contributed by atoms with Crippen LogP contribution in [0, 0.1) is 10.1 Å². The van der Waals surface area contributed by atoms with Crippen molar-refractivity contribution in [2.24, 2.45) is 0 Å². The molecule has 0 aliphatic heterocycles. The van der Waals surface area contributed by atoms with Gasteiger partial charge in [0, 0.05) is 24.1 Å². The molecule has 0 spiro atoms. The van der Waals surface area contributed by atoms with Crippen LogP contribution in [0.4, 0.5) is 5.69 Å². The molecule has 1 aromatic carbocycles. The zero-order valence-corrected chi connectivity index (χ0v) is 10.2. The van der Waals surface area contributed by atoms with Gasteiger partial charge in [0.1, 0.15) is 0 Å². The molecule has 0 fully saturated rings. The van der Waals surface area contributed by atoms with Gasteiger partial charge in [0.2, 0.25) is 0 Å². The summed E-state index contributed by atoms with van der Waals surface area (Å²) >= 11 is 3.38. The molecule has 2 aromatic rings. The van der Waals surface area contributed by atoms with Gasteiger partial charge in [-0.15, -0.1) is 0 Å². The van der Waals surface area contributed by atoms with Crippen molar-refractivity contribution in [3.63, 3.8) is 0 Å². The summed E-state index contributed by atoms with van der Waals surface area (Å²) in [5.74, 6) is 0. The van der Waals surface area contributed by atoms with Crippen LogP contribution in [0.3, 0.4) is 0 Å². The van der Waals surface area contributed by atoms with E-state index in [9.17, 15) is 10.1 Å². The van der Waals surface area contributed by atoms with Crippen molar-refractivity contribution >= 4 is 32.5 Å². The number of nitro groups is 1. The van der Waals surface area contributed by atoms with Gasteiger partial charge in [0.15, 0.2) is 0 Å². The Morgan fingerprint density at radius 1 is 1.38 bits per heavy atom. The van der Waals surface area contributed by atoms with E-state index in [0.29, 0.717) is 5.39 Å². The average Bonchev–Trinajstić information content (AvgIpc) is 2.69. The first-order valence-corrected chi connectivity index (χ1v) is 6.14. The van der Waals surface area contributed by atoms with Crippen LogP contribution in [0.15, 0.2) is 30.5 Å². The quantitative estimate of drug-likeness (QED) is 0.491. The third kappa shape index (κ3) is 1.95. The number of nitrogens with zero attached hydrogens (tertiary/aromatic N) is 2. The van der Waals surface area contributed by atoms with Gasteiger partial charge in [-0.1, -0.05) is 22.0 Å². The molecule has 2 rings (SSSR count). The molecular formula is C11H11BrN2O2. The van der Waals surface area contributed by atoms with Gasteiger partial charge >= 0.3 is 0 Å². The van der Waals surface area contributed by atoms with E-state index in [1.165, 1.54) is 6.07 Å². The first kappa shape index (κ1) is 11.1. The van der Waals surface area contributed by atoms with E-state index < -0.39 is 0 Å². The topological polar surface area (TPSA) is 48.1 Å². The summed E-state index contributed by atoms with van der Waals surface area (Å²) in [6, 6.07) is 6.99. The predicted octanol–water partition coefficient (Wildman–Crippen LogP) is 3.33. The second-order valence-corrected chi connectivity index (χ2v) is 4.31. The number of aryl methyl sites for hydroxylation is 1. The minimum absolute atomic E-state index is 0.176. The minimum atomic E-state index is -0.336. The second-order valence-electron chi connectivity index (χ2n) is 3.52. The largest absolute Gasteiger partial charge is 0.347 e. The molecule has 16 heavy (non-hydrogen) atoms. The number of rotatable bonds is 4. The Labute approximate surface area is 101 Å². The zero-order chi connectivity index (χ0) is 11.5. The molecule has 5 heteroatoms. The Balaban J connectivity index is 2.48. The number of non-ortho nitro benzene ring substituents is 1. The van der Waals surface area contributed by atoms with Crippen LogP contribution >= 0.6 is 15.9 Å². The van der Waals surface area contributed by atoms with Crippen molar-refractivity contribution in [2.45, 2.75) is 13.0 Å². The summed E-state index contributed by atoms with van der Waals surface area (Å²) in [6.07, 6.45) is 2.91. The highest BCUT2D eigenvalue weighted by molar-refractivity contribution is 9.09. The first-order valence-electron chi connectivity index (χ1n) is 5.02. The van der Waals surface area contributed by atoms with Gasteiger partial charge in [0.25, 0.3) is 5.69 Å². The Morgan fingerprint density at radius 2 is 2.19 bits per heavy atom. The summed E-state index contributed by atoms with van der Waals surface area (Å²) in [5, 5.41) is 12.5. The van der Waals surface area contributed by atoms with Crippen LogP contribution < -0.4 is 0 Å². The van der Waals surface area contributed by atoms with Gasteiger partial charge in [-0.2, -0.15) is 0 Å². The van der Waals surface area contributed by atoms with E-state index in [2.05, 4.69) is 15.9 Å². The molecule has 0 unspecified atom stereocenters. The SMILES string of the molecule is O=[N+]([O-])c1cccc2c1ccn2CCCBr. The zero-order valence-electron chi connectivity index (χ0n) is 8.60. The molecule has 0 bridgehead atoms. The number of aromatic nitrogens is 1. The fourth-order valence-electron chi connectivity index (χ4n) is 1.79. The lowest BCUT2D eigenvalue weighted by Gasteiger charge is -2.03. The first-order chi connectivity index (χ1) is 7.74. The molecule has 0 radical (unpaired) electrons. The second kappa shape index (κ2) is 4.65.